The second kappa shape index (κ2) is 6.65. The molecule has 0 bridgehead atoms. The Kier molecular flexibility index (Phi) is 4.05. The van der Waals surface area contributed by atoms with E-state index >= 15 is 0 Å². The summed E-state index contributed by atoms with van der Waals surface area (Å²) in [4.78, 5) is 13.8. The van der Waals surface area contributed by atoms with Gasteiger partial charge in [-0.2, -0.15) is 0 Å². The number of pyridine rings is 3. The van der Waals surface area contributed by atoms with Gasteiger partial charge in [0, 0.05) is 18.0 Å². The summed E-state index contributed by atoms with van der Waals surface area (Å²) in [6, 6.07) is 24.3. The lowest BCUT2D eigenvalue weighted by molar-refractivity contribution is 1.22. The fraction of sp³-hybridized carbons (Fsp3) is 0.0455. The summed E-state index contributed by atoms with van der Waals surface area (Å²) in [7, 11) is 0. The molecule has 0 atom stereocenters. The van der Waals surface area contributed by atoms with Crippen LogP contribution in [0.1, 0.15) is 5.56 Å². The number of rotatable bonds is 3. The Labute approximate surface area is 147 Å². The molecule has 25 heavy (non-hydrogen) atoms. The van der Waals surface area contributed by atoms with Crippen molar-refractivity contribution in [3.05, 3.63) is 90.8 Å². The third-order valence-corrected chi connectivity index (χ3v) is 4.09. The van der Waals surface area contributed by atoms with Crippen LogP contribution in [-0.2, 0) is 0 Å². The van der Waals surface area contributed by atoms with E-state index in [0.717, 1.165) is 33.9 Å². The summed E-state index contributed by atoms with van der Waals surface area (Å²) in [5.74, 6) is 0. The van der Waals surface area contributed by atoms with Gasteiger partial charge in [-0.05, 0) is 42.8 Å². The van der Waals surface area contributed by atoms with Crippen molar-refractivity contribution in [1.82, 2.24) is 15.0 Å². The van der Waals surface area contributed by atoms with E-state index in [0.29, 0.717) is 0 Å². The van der Waals surface area contributed by atoms with Crippen molar-refractivity contribution in [1.29, 1.82) is 0 Å². The van der Waals surface area contributed by atoms with Crippen LogP contribution >= 0.6 is 0 Å². The lowest BCUT2D eigenvalue weighted by Gasteiger charge is -2.10. The molecule has 3 heteroatoms. The van der Waals surface area contributed by atoms with Crippen molar-refractivity contribution >= 4 is 0 Å². The smallest absolute Gasteiger partial charge is 0.0964 e. The zero-order valence-electron chi connectivity index (χ0n) is 13.9. The van der Waals surface area contributed by atoms with E-state index in [1.807, 2.05) is 48.7 Å². The molecule has 0 radical (unpaired) electrons. The van der Waals surface area contributed by atoms with E-state index < -0.39 is 0 Å². The molecular weight excluding hydrogens is 306 g/mol. The Balaban J connectivity index is 1.82. The molecular formula is C22H17N3. The molecule has 0 spiro atoms. The van der Waals surface area contributed by atoms with E-state index in [2.05, 4.69) is 47.2 Å². The Morgan fingerprint density at radius 2 is 1.36 bits per heavy atom. The molecule has 3 nitrogen and oxygen atoms in total. The normalized spacial score (nSPS) is 10.6. The van der Waals surface area contributed by atoms with Crippen LogP contribution < -0.4 is 0 Å². The van der Waals surface area contributed by atoms with Gasteiger partial charge in [0.05, 0.1) is 22.8 Å². The molecule has 4 rings (SSSR count). The Bertz CT molecular complexity index is 993. The van der Waals surface area contributed by atoms with Crippen LogP contribution in [0.4, 0.5) is 0 Å². The number of aromatic nitrogens is 3. The topological polar surface area (TPSA) is 38.7 Å². The minimum Gasteiger partial charge on any atom is -0.255 e. The highest BCUT2D eigenvalue weighted by atomic mass is 14.8. The van der Waals surface area contributed by atoms with Crippen molar-refractivity contribution in [2.75, 3.05) is 0 Å². The van der Waals surface area contributed by atoms with Crippen LogP contribution in [0.3, 0.4) is 0 Å². The lowest BCUT2D eigenvalue weighted by atomic mass is 10.0. The van der Waals surface area contributed by atoms with E-state index in [9.17, 15) is 0 Å². The average molecular weight is 323 g/mol. The Hall–Kier alpha value is -3.33. The number of hydrogen-bond donors (Lipinski definition) is 0. The van der Waals surface area contributed by atoms with Gasteiger partial charge < -0.3 is 0 Å². The van der Waals surface area contributed by atoms with Gasteiger partial charge in [-0.1, -0.05) is 48.0 Å². The minimum atomic E-state index is 0.846. The van der Waals surface area contributed by atoms with Crippen LogP contribution in [0.25, 0.3) is 33.9 Å². The number of aryl methyl sites for hydroxylation is 1. The molecule has 0 saturated carbocycles. The quantitative estimate of drug-likeness (QED) is 0.521. The first-order chi connectivity index (χ1) is 12.3. The zero-order chi connectivity index (χ0) is 17.1. The summed E-state index contributed by atoms with van der Waals surface area (Å²) >= 11 is 0. The van der Waals surface area contributed by atoms with E-state index in [4.69, 9.17) is 4.98 Å². The van der Waals surface area contributed by atoms with Crippen LogP contribution in [0.15, 0.2) is 85.2 Å². The second-order valence-corrected chi connectivity index (χ2v) is 5.89. The predicted molar refractivity (Wildman–Crippen MR) is 101 cm³/mol. The van der Waals surface area contributed by atoms with Gasteiger partial charge in [-0.15, -0.1) is 0 Å². The van der Waals surface area contributed by atoms with Crippen molar-refractivity contribution in [3.8, 4) is 33.9 Å². The van der Waals surface area contributed by atoms with Crippen LogP contribution in [0.2, 0.25) is 0 Å². The SMILES string of the molecule is Cc1ccc(-c2cccnc2-c2cccc(-c3ccccn3)n2)cc1. The molecule has 0 aliphatic carbocycles. The molecule has 4 aromatic rings. The first kappa shape index (κ1) is 15.2. The first-order valence-electron chi connectivity index (χ1n) is 8.22. The van der Waals surface area contributed by atoms with Crippen molar-refractivity contribution in [3.63, 3.8) is 0 Å². The molecule has 0 aliphatic heterocycles. The highest BCUT2D eigenvalue weighted by molar-refractivity contribution is 5.79. The van der Waals surface area contributed by atoms with Gasteiger partial charge in [0.15, 0.2) is 0 Å². The highest BCUT2D eigenvalue weighted by Crippen LogP contribution is 2.30. The van der Waals surface area contributed by atoms with Gasteiger partial charge in [0.2, 0.25) is 0 Å². The largest absolute Gasteiger partial charge is 0.255 e. The van der Waals surface area contributed by atoms with E-state index in [1.165, 1.54) is 5.56 Å². The van der Waals surface area contributed by atoms with Gasteiger partial charge in [0.25, 0.3) is 0 Å². The zero-order valence-corrected chi connectivity index (χ0v) is 13.9. The van der Waals surface area contributed by atoms with Gasteiger partial charge in [0.1, 0.15) is 0 Å². The summed E-state index contributed by atoms with van der Waals surface area (Å²) in [5, 5.41) is 0. The molecule has 1 aromatic carbocycles. The third kappa shape index (κ3) is 3.17. The van der Waals surface area contributed by atoms with Crippen molar-refractivity contribution in [2.45, 2.75) is 6.92 Å². The van der Waals surface area contributed by atoms with E-state index in [1.54, 1.807) is 6.20 Å². The highest BCUT2D eigenvalue weighted by Gasteiger charge is 2.11. The number of hydrogen-bond acceptors (Lipinski definition) is 3. The molecule has 0 aliphatic rings. The monoisotopic (exact) mass is 323 g/mol. The maximum atomic E-state index is 4.79. The molecule has 0 saturated heterocycles. The lowest BCUT2D eigenvalue weighted by Crippen LogP contribution is -1.94. The van der Waals surface area contributed by atoms with Crippen LogP contribution in [-0.4, -0.2) is 15.0 Å². The summed E-state index contributed by atoms with van der Waals surface area (Å²) in [5.41, 5.74) is 6.88. The number of benzene rings is 1. The van der Waals surface area contributed by atoms with Gasteiger partial charge in [-0.3, -0.25) is 9.97 Å². The summed E-state index contributed by atoms with van der Waals surface area (Å²) in [6.07, 6.45) is 3.59. The van der Waals surface area contributed by atoms with Crippen LogP contribution in [0.5, 0.6) is 0 Å². The second-order valence-electron chi connectivity index (χ2n) is 5.89. The fourth-order valence-electron chi connectivity index (χ4n) is 2.80. The van der Waals surface area contributed by atoms with Gasteiger partial charge >= 0.3 is 0 Å². The molecule has 3 heterocycles. The van der Waals surface area contributed by atoms with Gasteiger partial charge in [-0.25, -0.2) is 4.98 Å². The summed E-state index contributed by atoms with van der Waals surface area (Å²) in [6.45, 7) is 2.09. The number of nitrogens with zero attached hydrogens (tertiary/aromatic N) is 3. The predicted octanol–water partition coefficient (Wildman–Crippen LogP) is 5.18. The third-order valence-electron chi connectivity index (χ3n) is 4.09. The molecule has 0 amide bonds. The Morgan fingerprint density at radius 1 is 0.600 bits per heavy atom. The van der Waals surface area contributed by atoms with Crippen molar-refractivity contribution in [2.24, 2.45) is 0 Å². The molecule has 0 N–H and O–H groups in total. The minimum absolute atomic E-state index is 0.846. The molecule has 3 aromatic heterocycles. The van der Waals surface area contributed by atoms with E-state index in [-0.39, 0.29) is 0 Å². The first-order valence-corrected chi connectivity index (χ1v) is 8.22. The molecule has 0 fully saturated rings. The van der Waals surface area contributed by atoms with Crippen molar-refractivity contribution < 1.29 is 0 Å². The van der Waals surface area contributed by atoms with Crippen LogP contribution in [0, 0.1) is 6.92 Å². The maximum absolute atomic E-state index is 4.79. The fourth-order valence-corrected chi connectivity index (χ4v) is 2.80. The summed E-state index contributed by atoms with van der Waals surface area (Å²) < 4.78 is 0. The standard InChI is InChI=1S/C22H17N3/c1-16-10-12-17(13-11-16)18-6-5-15-24-22(18)21-9-4-8-20(25-21)19-7-2-3-14-23-19/h2-15H,1H3. The average Bonchev–Trinajstić information content (AvgIpc) is 2.69. The molecule has 0 unspecified atom stereocenters. The Morgan fingerprint density at radius 3 is 2.16 bits per heavy atom. The molecule has 120 valence electrons. The maximum Gasteiger partial charge on any atom is 0.0964 e.